The van der Waals surface area contributed by atoms with Gasteiger partial charge in [0.05, 0.1) is 6.21 Å². The standard InChI is InChI=1S/C19H16N4O2/c1-2-18-22-17(12-20)19(25-18)23-21-13-14-7-6-10-16(11-14)24-15-8-4-3-5-9-15/h3-11,13,23H,2H2,1H3/b21-13+. The Bertz CT molecular complexity index is 911. The first-order chi connectivity index (χ1) is 12.3. The molecule has 2 aromatic carbocycles. The molecule has 1 heterocycles. The van der Waals surface area contributed by atoms with Crippen LogP contribution in [0.15, 0.2) is 64.1 Å². The van der Waals surface area contributed by atoms with Crippen molar-refractivity contribution < 1.29 is 9.15 Å². The lowest BCUT2D eigenvalue weighted by Gasteiger charge is -2.05. The highest BCUT2D eigenvalue weighted by atomic mass is 16.5. The molecule has 6 heteroatoms. The van der Waals surface area contributed by atoms with E-state index < -0.39 is 0 Å². The van der Waals surface area contributed by atoms with E-state index in [1.807, 2.05) is 67.6 Å². The molecular weight excluding hydrogens is 316 g/mol. The van der Waals surface area contributed by atoms with E-state index in [0.29, 0.717) is 18.1 Å². The summed E-state index contributed by atoms with van der Waals surface area (Å²) in [5.74, 6) is 2.21. The van der Waals surface area contributed by atoms with Gasteiger partial charge < -0.3 is 9.15 Å². The smallest absolute Gasteiger partial charge is 0.252 e. The number of anilines is 1. The summed E-state index contributed by atoms with van der Waals surface area (Å²) in [7, 11) is 0. The van der Waals surface area contributed by atoms with Crippen LogP contribution in [0.1, 0.15) is 24.1 Å². The second-order valence-electron chi connectivity index (χ2n) is 5.11. The number of benzene rings is 2. The third kappa shape index (κ3) is 4.24. The van der Waals surface area contributed by atoms with Gasteiger partial charge in [-0.1, -0.05) is 37.3 Å². The van der Waals surface area contributed by atoms with E-state index in [1.54, 1.807) is 6.21 Å². The quantitative estimate of drug-likeness (QED) is 0.536. The average Bonchev–Trinajstić information content (AvgIpc) is 3.05. The van der Waals surface area contributed by atoms with Crippen molar-refractivity contribution in [2.45, 2.75) is 13.3 Å². The molecule has 0 fully saturated rings. The number of nitriles is 1. The van der Waals surface area contributed by atoms with Gasteiger partial charge in [-0.15, -0.1) is 0 Å². The molecule has 0 spiro atoms. The number of oxazole rings is 1. The van der Waals surface area contributed by atoms with Crippen LogP contribution >= 0.6 is 0 Å². The Morgan fingerprint density at radius 2 is 2.00 bits per heavy atom. The van der Waals surface area contributed by atoms with E-state index in [-0.39, 0.29) is 11.6 Å². The fourth-order valence-corrected chi connectivity index (χ4v) is 2.12. The fourth-order valence-electron chi connectivity index (χ4n) is 2.12. The van der Waals surface area contributed by atoms with Crippen LogP contribution in [-0.4, -0.2) is 11.2 Å². The summed E-state index contributed by atoms with van der Waals surface area (Å²) in [4.78, 5) is 4.05. The average molecular weight is 332 g/mol. The molecule has 1 aromatic heterocycles. The van der Waals surface area contributed by atoms with Crippen molar-refractivity contribution in [1.29, 1.82) is 5.26 Å². The lowest BCUT2D eigenvalue weighted by molar-refractivity contribution is 0.482. The van der Waals surface area contributed by atoms with Gasteiger partial charge in [-0.3, -0.25) is 0 Å². The molecule has 0 bridgehead atoms. The molecule has 0 saturated heterocycles. The Morgan fingerprint density at radius 1 is 1.20 bits per heavy atom. The van der Waals surface area contributed by atoms with Crippen LogP contribution in [-0.2, 0) is 6.42 Å². The van der Waals surface area contributed by atoms with Gasteiger partial charge in [0, 0.05) is 6.42 Å². The Morgan fingerprint density at radius 3 is 2.76 bits per heavy atom. The summed E-state index contributed by atoms with van der Waals surface area (Å²) in [6.45, 7) is 1.90. The molecule has 0 aliphatic heterocycles. The highest BCUT2D eigenvalue weighted by Gasteiger charge is 2.10. The maximum absolute atomic E-state index is 9.04. The molecule has 25 heavy (non-hydrogen) atoms. The van der Waals surface area contributed by atoms with E-state index in [1.165, 1.54) is 0 Å². The van der Waals surface area contributed by atoms with Crippen LogP contribution in [0.2, 0.25) is 0 Å². The monoisotopic (exact) mass is 332 g/mol. The molecule has 3 aromatic rings. The summed E-state index contributed by atoms with van der Waals surface area (Å²) in [6, 6.07) is 19.0. The summed E-state index contributed by atoms with van der Waals surface area (Å²) >= 11 is 0. The van der Waals surface area contributed by atoms with Crippen molar-refractivity contribution >= 4 is 12.1 Å². The Labute approximate surface area is 145 Å². The van der Waals surface area contributed by atoms with Gasteiger partial charge in [0.15, 0.2) is 5.89 Å². The molecule has 124 valence electrons. The topological polar surface area (TPSA) is 83.4 Å². The zero-order valence-corrected chi connectivity index (χ0v) is 13.6. The SMILES string of the molecule is CCc1nc(C#N)c(N/N=C/c2cccc(Oc3ccccc3)c2)o1. The van der Waals surface area contributed by atoms with Gasteiger partial charge in [-0.25, -0.2) is 10.4 Å². The second kappa shape index (κ2) is 7.79. The van der Waals surface area contributed by atoms with E-state index >= 15 is 0 Å². The molecule has 0 amide bonds. The molecule has 0 aliphatic carbocycles. The van der Waals surface area contributed by atoms with Gasteiger partial charge in [0.1, 0.15) is 17.6 Å². The largest absolute Gasteiger partial charge is 0.457 e. The van der Waals surface area contributed by atoms with Crippen molar-refractivity contribution in [1.82, 2.24) is 4.98 Å². The van der Waals surface area contributed by atoms with E-state index in [0.717, 1.165) is 11.3 Å². The lowest BCUT2D eigenvalue weighted by Crippen LogP contribution is -1.92. The minimum Gasteiger partial charge on any atom is -0.457 e. The van der Waals surface area contributed by atoms with Gasteiger partial charge >= 0.3 is 0 Å². The lowest BCUT2D eigenvalue weighted by atomic mass is 10.2. The van der Waals surface area contributed by atoms with Crippen molar-refractivity contribution in [3.63, 3.8) is 0 Å². The normalized spacial score (nSPS) is 10.6. The van der Waals surface area contributed by atoms with Crippen LogP contribution in [0.25, 0.3) is 0 Å². The van der Waals surface area contributed by atoms with Crippen LogP contribution in [0.3, 0.4) is 0 Å². The number of hydrogen-bond acceptors (Lipinski definition) is 6. The number of hydrogen-bond donors (Lipinski definition) is 1. The highest BCUT2D eigenvalue weighted by molar-refractivity contribution is 5.80. The van der Waals surface area contributed by atoms with E-state index in [2.05, 4.69) is 15.5 Å². The summed E-state index contributed by atoms with van der Waals surface area (Å²) < 4.78 is 11.2. The van der Waals surface area contributed by atoms with Crippen molar-refractivity contribution in [3.8, 4) is 17.6 Å². The number of aromatic nitrogens is 1. The first-order valence-electron chi connectivity index (χ1n) is 7.80. The molecule has 3 rings (SSSR count). The highest BCUT2D eigenvalue weighted by Crippen LogP contribution is 2.21. The maximum Gasteiger partial charge on any atom is 0.252 e. The van der Waals surface area contributed by atoms with Crippen LogP contribution in [0.5, 0.6) is 11.5 Å². The molecule has 6 nitrogen and oxygen atoms in total. The third-order valence-corrected chi connectivity index (χ3v) is 3.30. The third-order valence-electron chi connectivity index (χ3n) is 3.30. The van der Waals surface area contributed by atoms with E-state index in [4.69, 9.17) is 14.4 Å². The Balaban J connectivity index is 1.69. The second-order valence-corrected chi connectivity index (χ2v) is 5.11. The van der Waals surface area contributed by atoms with E-state index in [9.17, 15) is 0 Å². The summed E-state index contributed by atoms with van der Waals surface area (Å²) in [6.07, 6.45) is 2.23. The summed E-state index contributed by atoms with van der Waals surface area (Å²) in [5.41, 5.74) is 3.75. The predicted octanol–water partition coefficient (Wildman–Crippen LogP) is 4.35. The van der Waals surface area contributed by atoms with Crippen LogP contribution < -0.4 is 10.2 Å². The molecular formula is C19H16N4O2. The number of nitrogens with one attached hydrogen (secondary N) is 1. The number of rotatable bonds is 6. The Hall–Kier alpha value is -3.59. The molecule has 1 N–H and O–H groups in total. The zero-order chi connectivity index (χ0) is 17.5. The first kappa shape index (κ1) is 16.3. The summed E-state index contributed by atoms with van der Waals surface area (Å²) in [5, 5.41) is 13.1. The van der Waals surface area contributed by atoms with Crippen molar-refractivity contribution in [3.05, 3.63) is 71.7 Å². The number of ether oxygens (including phenoxy) is 1. The minimum absolute atomic E-state index is 0.190. The molecule has 0 saturated carbocycles. The van der Waals surface area contributed by atoms with Crippen molar-refractivity contribution in [2.24, 2.45) is 5.10 Å². The van der Waals surface area contributed by atoms with Gasteiger partial charge in [0.25, 0.3) is 5.88 Å². The molecule has 0 radical (unpaired) electrons. The number of aryl methyl sites for hydroxylation is 1. The van der Waals surface area contributed by atoms with Gasteiger partial charge in [-0.05, 0) is 29.8 Å². The predicted molar refractivity (Wildman–Crippen MR) is 94.8 cm³/mol. The Kier molecular flexibility index (Phi) is 5.07. The minimum atomic E-state index is 0.190. The zero-order valence-electron chi connectivity index (χ0n) is 13.6. The maximum atomic E-state index is 9.04. The van der Waals surface area contributed by atoms with Gasteiger partial charge in [-0.2, -0.15) is 10.4 Å². The number of para-hydroxylation sites is 1. The molecule has 0 atom stereocenters. The number of nitrogens with zero attached hydrogens (tertiary/aromatic N) is 3. The van der Waals surface area contributed by atoms with Gasteiger partial charge in [0.2, 0.25) is 5.69 Å². The number of hydrazone groups is 1. The van der Waals surface area contributed by atoms with Crippen LogP contribution in [0.4, 0.5) is 5.88 Å². The first-order valence-corrected chi connectivity index (χ1v) is 7.80. The molecule has 0 aliphatic rings. The van der Waals surface area contributed by atoms with Crippen LogP contribution in [0, 0.1) is 11.3 Å². The fraction of sp³-hybridized carbons (Fsp3) is 0.105. The molecule has 0 unspecified atom stereocenters. The van der Waals surface area contributed by atoms with Crippen molar-refractivity contribution in [2.75, 3.05) is 5.43 Å².